The summed E-state index contributed by atoms with van der Waals surface area (Å²) in [6, 6.07) is 13.8. The number of aliphatic hydroxyl groups is 1. The fourth-order valence-corrected chi connectivity index (χ4v) is 2.96. The fraction of sp³-hybridized carbons (Fsp3) is 0.381. The van der Waals surface area contributed by atoms with Crippen molar-refractivity contribution in [1.29, 1.82) is 0 Å². The van der Waals surface area contributed by atoms with Gasteiger partial charge in [0.2, 0.25) is 5.91 Å². The number of aryl methyl sites for hydroxylation is 1. The largest absolute Gasteiger partial charge is 0.486 e. The predicted octanol–water partition coefficient (Wildman–Crippen LogP) is 2.28. The summed E-state index contributed by atoms with van der Waals surface area (Å²) in [4.78, 5) is 12.2. The number of benzene rings is 2. The Hall–Kier alpha value is -2.53. The molecule has 2 aromatic carbocycles. The average molecular weight is 355 g/mol. The number of rotatable bonds is 7. The van der Waals surface area contributed by atoms with Crippen molar-refractivity contribution in [2.45, 2.75) is 19.8 Å². The Morgan fingerprint density at radius 3 is 2.50 bits per heavy atom. The molecular weight excluding hydrogens is 330 g/mol. The SMILES string of the molecule is Cc1ccc(C[C@@H](CO)CNC(=O)Cc2ccc3c(c2)OCCO3)cc1. The van der Waals surface area contributed by atoms with E-state index in [2.05, 4.69) is 29.6 Å². The molecule has 26 heavy (non-hydrogen) atoms. The first-order chi connectivity index (χ1) is 12.6. The van der Waals surface area contributed by atoms with Crippen LogP contribution in [0.1, 0.15) is 16.7 Å². The molecule has 2 aromatic rings. The van der Waals surface area contributed by atoms with Crippen LogP contribution in [0.5, 0.6) is 11.5 Å². The van der Waals surface area contributed by atoms with Crippen molar-refractivity contribution in [3.05, 3.63) is 59.2 Å². The van der Waals surface area contributed by atoms with Crippen LogP contribution in [-0.4, -0.2) is 37.4 Å². The molecule has 1 atom stereocenters. The van der Waals surface area contributed by atoms with E-state index in [9.17, 15) is 9.90 Å². The van der Waals surface area contributed by atoms with Crippen molar-refractivity contribution in [1.82, 2.24) is 5.32 Å². The Kier molecular flexibility index (Phi) is 6.12. The lowest BCUT2D eigenvalue weighted by Gasteiger charge is -2.19. The predicted molar refractivity (Wildman–Crippen MR) is 99.6 cm³/mol. The summed E-state index contributed by atoms with van der Waals surface area (Å²) in [5, 5.41) is 12.5. The van der Waals surface area contributed by atoms with Crippen LogP contribution in [0.2, 0.25) is 0 Å². The van der Waals surface area contributed by atoms with E-state index in [-0.39, 0.29) is 24.9 Å². The molecule has 2 N–H and O–H groups in total. The van der Waals surface area contributed by atoms with Gasteiger partial charge in [0.05, 0.1) is 6.42 Å². The second-order valence-corrected chi connectivity index (χ2v) is 6.70. The number of ether oxygens (including phenoxy) is 2. The molecule has 0 spiro atoms. The molecular formula is C21H25NO4. The summed E-state index contributed by atoms with van der Waals surface area (Å²) in [5.41, 5.74) is 3.25. The number of hydrogen-bond donors (Lipinski definition) is 2. The van der Waals surface area contributed by atoms with Crippen molar-refractivity contribution in [2.24, 2.45) is 5.92 Å². The number of carbonyl (C=O) groups is 1. The smallest absolute Gasteiger partial charge is 0.224 e. The number of aliphatic hydroxyl groups excluding tert-OH is 1. The van der Waals surface area contributed by atoms with E-state index >= 15 is 0 Å². The minimum atomic E-state index is -0.0657. The molecule has 0 aromatic heterocycles. The number of fused-ring (bicyclic) bond motifs is 1. The summed E-state index contributed by atoms with van der Waals surface area (Å²) >= 11 is 0. The zero-order chi connectivity index (χ0) is 18.4. The van der Waals surface area contributed by atoms with E-state index in [0.29, 0.717) is 25.5 Å². The van der Waals surface area contributed by atoms with Crippen LogP contribution in [0.15, 0.2) is 42.5 Å². The van der Waals surface area contributed by atoms with Gasteiger partial charge < -0.3 is 19.9 Å². The van der Waals surface area contributed by atoms with Crippen LogP contribution in [0.3, 0.4) is 0 Å². The van der Waals surface area contributed by atoms with E-state index < -0.39 is 0 Å². The minimum Gasteiger partial charge on any atom is -0.486 e. The van der Waals surface area contributed by atoms with Crippen LogP contribution in [-0.2, 0) is 17.6 Å². The van der Waals surface area contributed by atoms with E-state index in [1.165, 1.54) is 5.56 Å². The molecule has 1 aliphatic heterocycles. The summed E-state index contributed by atoms with van der Waals surface area (Å²) in [6.07, 6.45) is 1.01. The highest BCUT2D eigenvalue weighted by molar-refractivity contribution is 5.78. The highest BCUT2D eigenvalue weighted by Gasteiger charge is 2.14. The van der Waals surface area contributed by atoms with E-state index in [4.69, 9.17) is 9.47 Å². The third-order valence-corrected chi connectivity index (χ3v) is 4.46. The maximum Gasteiger partial charge on any atom is 0.224 e. The summed E-state index contributed by atoms with van der Waals surface area (Å²) in [5.74, 6) is 1.35. The van der Waals surface area contributed by atoms with Crippen LogP contribution in [0.25, 0.3) is 0 Å². The Labute approximate surface area is 153 Å². The van der Waals surface area contributed by atoms with Crippen LogP contribution >= 0.6 is 0 Å². The second-order valence-electron chi connectivity index (χ2n) is 6.70. The lowest BCUT2D eigenvalue weighted by Crippen LogP contribution is -2.32. The zero-order valence-corrected chi connectivity index (χ0v) is 15.0. The second kappa shape index (κ2) is 8.72. The van der Waals surface area contributed by atoms with Gasteiger partial charge in [0.15, 0.2) is 11.5 Å². The molecule has 1 heterocycles. The molecule has 3 rings (SSSR count). The van der Waals surface area contributed by atoms with Gasteiger partial charge in [0.1, 0.15) is 13.2 Å². The summed E-state index contributed by atoms with van der Waals surface area (Å²) in [7, 11) is 0. The van der Waals surface area contributed by atoms with Crippen LogP contribution in [0, 0.1) is 12.8 Å². The summed E-state index contributed by atoms with van der Waals surface area (Å²) < 4.78 is 11.0. The van der Waals surface area contributed by atoms with Gasteiger partial charge in [0, 0.05) is 19.1 Å². The Bertz CT molecular complexity index is 742. The number of carbonyl (C=O) groups excluding carboxylic acids is 1. The van der Waals surface area contributed by atoms with Gasteiger partial charge in [-0.1, -0.05) is 35.9 Å². The Balaban J connectivity index is 1.50. The van der Waals surface area contributed by atoms with Gasteiger partial charge in [-0.3, -0.25) is 4.79 Å². The molecule has 0 aliphatic carbocycles. The molecule has 5 nitrogen and oxygen atoms in total. The lowest BCUT2D eigenvalue weighted by molar-refractivity contribution is -0.120. The third kappa shape index (κ3) is 4.99. The van der Waals surface area contributed by atoms with Crippen LogP contribution in [0.4, 0.5) is 0 Å². The van der Waals surface area contributed by atoms with Crippen molar-refractivity contribution >= 4 is 5.91 Å². The van der Waals surface area contributed by atoms with E-state index in [0.717, 1.165) is 23.3 Å². The van der Waals surface area contributed by atoms with Gasteiger partial charge >= 0.3 is 0 Å². The molecule has 1 aliphatic rings. The molecule has 0 radical (unpaired) electrons. The van der Waals surface area contributed by atoms with Crippen molar-refractivity contribution in [2.75, 3.05) is 26.4 Å². The molecule has 0 bridgehead atoms. The topological polar surface area (TPSA) is 67.8 Å². The first kappa shape index (κ1) is 18.3. The third-order valence-electron chi connectivity index (χ3n) is 4.46. The fourth-order valence-electron chi connectivity index (χ4n) is 2.96. The van der Waals surface area contributed by atoms with Gasteiger partial charge in [-0.05, 0) is 36.6 Å². The van der Waals surface area contributed by atoms with Crippen molar-refractivity contribution in [3.8, 4) is 11.5 Å². The van der Waals surface area contributed by atoms with Crippen LogP contribution < -0.4 is 14.8 Å². The zero-order valence-electron chi connectivity index (χ0n) is 15.0. The maximum atomic E-state index is 12.2. The normalized spacial score (nSPS) is 13.9. The minimum absolute atomic E-state index is 0.00178. The Morgan fingerprint density at radius 2 is 1.77 bits per heavy atom. The monoisotopic (exact) mass is 355 g/mol. The lowest BCUT2D eigenvalue weighted by atomic mass is 9.99. The molecule has 0 saturated carbocycles. The molecule has 0 saturated heterocycles. The molecule has 0 unspecified atom stereocenters. The molecule has 5 heteroatoms. The standard InChI is InChI=1S/C21H25NO4/c1-15-2-4-16(5-3-15)10-18(14-23)13-22-21(24)12-17-6-7-19-20(11-17)26-9-8-25-19/h2-7,11,18,23H,8-10,12-14H2,1H3,(H,22,24)/t18-/m1/s1. The number of nitrogens with one attached hydrogen (secondary N) is 1. The van der Waals surface area contributed by atoms with Gasteiger partial charge in [-0.2, -0.15) is 0 Å². The highest BCUT2D eigenvalue weighted by Crippen LogP contribution is 2.30. The van der Waals surface area contributed by atoms with Gasteiger partial charge in [0.25, 0.3) is 0 Å². The van der Waals surface area contributed by atoms with Gasteiger partial charge in [-0.15, -0.1) is 0 Å². The average Bonchev–Trinajstić information content (AvgIpc) is 2.66. The van der Waals surface area contributed by atoms with Gasteiger partial charge in [-0.25, -0.2) is 0 Å². The Morgan fingerprint density at radius 1 is 1.08 bits per heavy atom. The van der Waals surface area contributed by atoms with Crippen molar-refractivity contribution in [3.63, 3.8) is 0 Å². The number of amides is 1. The molecule has 0 fully saturated rings. The molecule has 1 amide bonds. The highest BCUT2D eigenvalue weighted by atomic mass is 16.6. The first-order valence-electron chi connectivity index (χ1n) is 8.95. The first-order valence-corrected chi connectivity index (χ1v) is 8.95. The van der Waals surface area contributed by atoms with E-state index in [1.54, 1.807) is 0 Å². The maximum absolute atomic E-state index is 12.2. The summed E-state index contributed by atoms with van der Waals surface area (Å²) in [6.45, 7) is 3.62. The quantitative estimate of drug-likeness (QED) is 0.800. The van der Waals surface area contributed by atoms with Crippen molar-refractivity contribution < 1.29 is 19.4 Å². The molecule has 138 valence electrons. The number of hydrogen-bond acceptors (Lipinski definition) is 4. The van der Waals surface area contributed by atoms with E-state index in [1.807, 2.05) is 25.1 Å².